The zero-order valence-corrected chi connectivity index (χ0v) is 14.1. The third kappa shape index (κ3) is 4.66. The quantitative estimate of drug-likeness (QED) is 0.811. The fourth-order valence-corrected chi connectivity index (χ4v) is 2.72. The molecule has 2 aromatic rings. The van der Waals surface area contributed by atoms with Crippen LogP contribution < -0.4 is 10.1 Å². The van der Waals surface area contributed by atoms with Crippen molar-refractivity contribution in [1.29, 1.82) is 0 Å². The lowest BCUT2D eigenvalue weighted by molar-refractivity contribution is -0.119. The standard InChI is InChI=1S/C17H17NO5S/c1-22-13-7-5-6-12(10-13)18-16(19)11-23-17(20)14-8-3-4-9-15(14)24(2)21/h3-10H,11H2,1-2H3,(H,18,19)/t24-/m0/s1. The number of anilines is 1. The van der Waals surface area contributed by atoms with Gasteiger partial charge in [0.25, 0.3) is 5.91 Å². The van der Waals surface area contributed by atoms with E-state index in [9.17, 15) is 13.8 Å². The molecule has 1 atom stereocenters. The number of hydrogen-bond acceptors (Lipinski definition) is 5. The lowest BCUT2D eigenvalue weighted by Crippen LogP contribution is -2.21. The van der Waals surface area contributed by atoms with Gasteiger partial charge in [-0.05, 0) is 24.3 Å². The molecule has 126 valence electrons. The number of nitrogens with one attached hydrogen (secondary N) is 1. The molecule has 7 heteroatoms. The van der Waals surface area contributed by atoms with Gasteiger partial charge in [-0.25, -0.2) is 4.79 Å². The van der Waals surface area contributed by atoms with Crippen LogP contribution in [0.2, 0.25) is 0 Å². The van der Waals surface area contributed by atoms with Crippen molar-refractivity contribution in [1.82, 2.24) is 0 Å². The zero-order chi connectivity index (χ0) is 17.5. The molecule has 6 nitrogen and oxygen atoms in total. The summed E-state index contributed by atoms with van der Waals surface area (Å²) in [5, 5.41) is 2.60. The van der Waals surface area contributed by atoms with Crippen LogP contribution in [0.5, 0.6) is 5.75 Å². The third-order valence-corrected chi connectivity index (χ3v) is 4.08. The lowest BCUT2D eigenvalue weighted by Gasteiger charge is -2.09. The van der Waals surface area contributed by atoms with Gasteiger partial charge in [0.15, 0.2) is 6.61 Å². The van der Waals surface area contributed by atoms with Gasteiger partial charge in [-0.1, -0.05) is 18.2 Å². The average molecular weight is 347 g/mol. The van der Waals surface area contributed by atoms with E-state index in [1.165, 1.54) is 19.4 Å². The highest BCUT2D eigenvalue weighted by Crippen LogP contribution is 2.17. The molecule has 0 saturated carbocycles. The number of rotatable bonds is 6. The molecule has 0 aromatic heterocycles. The first-order valence-corrected chi connectivity index (χ1v) is 8.60. The Hall–Kier alpha value is -2.67. The van der Waals surface area contributed by atoms with Gasteiger partial charge in [0.05, 0.1) is 28.4 Å². The van der Waals surface area contributed by atoms with Crippen LogP contribution in [0.3, 0.4) is 0 Å². The van der Waals surface area contributed by atoms with E-state index in [1.807, 2.05) is 0 Å². The first kappa shape index (κ1) is 17.7. The maximum atomic E-state index is 12.1. The Balaban J connectivity index is 1.96. The zero-order valence-electron chi connectivity index (χ0n) is 13.3. The molecule has 0 bridgehead atoms. The Kier molecular flexibility index (Phi) is 6.08. The minimum absolute atomic E-state index is 0.188. The SMILES string of the molecule is COc1cccc(NC(=O)COC(=O)c2ccccc2[S@](C)=O)c1. The monoisotopic (exact) mass is 347 g/mol. The molecule has 0 aliphatic heterocycles. The largest absolute Gasteiger partial charge is 0.497 e. The summed E-state index contributed by atoms with van der Waals surface area (Å²) < 4.78 is 21.7. The van der Waals surface area contributed by atoms with E-state index in [-0.39, 0.29) is 5.56 Å². The molecule has 0 radical (unpaired) electrons. The van der Waals surface area contributed by atoms with Gasteiger partial charge in [-0.15, -0.1) is 0 Å². The number of ether oxygens (including phenoxy) is 2. The number of methoxy groups -OCH3 is 1. The summed E-state index contributed by atoms with van der Waals surface area (Å²) in [6.45, 7) is -0.444. The summed E-state index contributed by atoms with van der Waals surface area (Å²) in [6.07, 6.45) is 1.47. The maximum absolute atomic E-state index is 12.1. The molecule has 0 unspecified atom stereocenters. The smallest absolute Gasteiger partial charge is 0.339 e. The first-order chi connectivity index (χ1) is 11.5. The van der Waals surface area contributed by atoms with Crippen LogP contribution in [0.25, 0.3) is 0 Å². The van der Waals surface area contributed by atoms with E-state index >= 15 is 0 Å². The average Bonchev–Trinajstić information content (AvgIpc) is 2.59. The van der Waals surface area contributed by atoms with Crippen molar-refractivity contribution in [2.75, 3.05) is 25.3 Å². The van der Waals surface area contributed by atoms with Crippen molar-refractivity contribution in [2.24, 2.45) is 0 Å². The van der Waals surface area contributed by atoms with Crippen molar-refractivity contribution in [3.8, 4) is 5.75 Å². The molecule has 2 aromatic carbocycles. The molecule has 0 fully saturated rings. The molecule has 0 saturated heterocycles. The maximum Gasteiger partial charge on any atom is 0.339 e. The minimum atomic E-state index is -1.33. The molecule has 0 spiro atoms. The van der Waals surface area contributed by atoms with Gasteiger partial charge in [0, 0.05) is 18.0 Å². The first-order valence-electron chi connectivity index (χ1n) is 7.04. The fourth-order valence-electron chi connectivity index (χ4n) is 1.99. The fraction of sp³-hybridized carbons (Fsp3) is 0.176. The van der Waals surface area contributed by atoms with Crippen LogP contribution in [0, 0.1) is 0 Å². The second kappa shape index (κ2) is 8.26. The van der Waals surface area contributed by atoms with Crippen LogP contribution >= 0.6 is 0 Å². The van der Waals surface area contributed by atoms with E-state index < -0.39 is 29.3 Å². The van der Waals surface area contributed by atoms with Crippen molar-refractivity contribution in [3.63, 3.8) is 0 Å². The van der Waals surface area contributed by atoms with Crippen LogP contribution in [-0.4, -0.2) is 36.1 Å². The van der Waals surface area contributed by atoms with E-state index in [2.05, 4.69) is 5.32 Å². The Morgan fingerprint density at radius 3 is 2.58 bits per heavy atom. The number of hydrogen-bond donors (Lipinski definition) is 1. The van der Waals surface area contributed by atoms with Gasteiger partial charge < -0.3 is 14.8 Å². The normalized spacial score (nSPS) is 11.4. The van der Waals surface area contributed by atoms with Gasteiger partial charge in [-0.3, -0.25) is 9.00 Å². The summed E-state index contributed by atoms with van der Waals surface area (Å²) >= 11 is 0. The molecule has 1 amide bonds. The predicted molar refractivity (Wildman–Crippen MR) is 90.7 cm³/mol. The molecule has 0 aliphatic carbocycles. The summed E-state index contributed by atoms with van der Waals surface area (Å²) in [7, 11) is 0.200. The Bertz CT molecular complexity index is 775. The lowest BCUT2D eigenvalue weighted by atomic mass is 10.2. The second-order valence-electron chi connectivity index (χ2n) is 4.81. The molecule has 0 aliphatic rings. The molecular weight excluding hydrogens is 330 g/mol. The molecule has 2 rings (SSSR count). The number of benzene rings is 2. The Morgan fingerprint density at radius 1 is 1.12 bits per heavy atom. The predicted octanol–water partition coefficient (Wildman–Crippen LogP) is 2.23. The van der Waals surface area contributed by atoms with E-state index in [0.717, 1.165) is 0 Å². The topological polar surface area (TPSA) is 81.7 Å². The number of esters is 1. The van der Waals surface area contributed by atoms with E-state index in [0.29, 0.717) is 16.3 Å². The van der Waals surface area contributed by atoms with Gasteiger partial charge in [-0.2, -0.15) is 0 Å². The van der Waals surface area contributed by atoms with Crippen LogP contribution in [0.4, 0.5) is 5.69 Å². The summed E-state index contributed by atoms with van der Waals surface area (Å²) in [5.41, 5.74) is 0.720. The number of amides is 1. The van der Waals surface area contributed by atoms with E-state index in [4.69, 9.17) is 9.47 Å². The Labute approximate surface area is 142 Å². The van der Waals surface area contributed by atoms with Crippen molar-refractivity contribution < 1.29 is 23.3 Å². The van der Waals surface area contributed by atoms with Gasteiger partial charge in [0.2, 0.25) is 0 Å². The van der Waals surface area contributed by atoms with Crippen LogP contribution in [0.15, 0.2) is 53.4 Å². The Morgan fingerprint density at radius 2 is 1.88 bits per heavy atom. The number of carbonyl (C=O) groups is 2. The minimum Gasteiger partial charge on any atom is -0.497 e. The summed E-state index contributed by atoms with van der Waals surface area (Å²) in [5.74, 6) is -0.572. The highest BCUT2D eigenvalue weighted by atomic mass is 32.2. The summed E-state index contributed by atoms with van der Waals surface area (Å²) in [6, 6.07) is 13.2. The van der Waals surface area contributed by atoms with Crippen LogP contribution in [0.1, 0.15) is 10.4 Å². The molecule has 0 heterocycles. The molecule has 1 N–H and O–H groups in total. The molecule has 24 heavy (non-hydrogen) atoms. The second-order valence-corrected chi connectivity index (χ2v) is 6.15. The highest BCUT2D eigenvalue weighted by molar-refractivity contribution is 7.84. The van der Waals surface area contributed by atoms with Crippen LogP contribution in [-0.2, 0) is 20.3 Å². The highest BCUT2D eigenvalue weighted by Gasteiger charge is 2.16. The van der Waals surface area contributed by atoms with Gasteiger partial charge >= 0.3 is 5.97 Å². The van der Waals surface area contributed by atoms with Crippen molar-refractivity contribution in [2.45, 2.75) is 4.90 Å². The number of carbonyl (C=O) groups excluding carboxylic acids is 2. The van der Waals surface area contributed by atoms with E-state index in [1.54, 1.807) is 42.5 Å². The van der Waals surface area contributed by atoms with Crippen molar-refractivity contribution in [3.05, 3.63) is 54.1 Å². The van der Waals surface area contributed by atoms with Crippen molar-refractivity contribution >= 4 is 28.4 Å². The van der Waals surface area contributed by atoms with Gasteiger partial charge in [0.1, 0.15) is 5.75 Å². The third-order valence-electron chi connectivity index (χ3n) is 3.10. The molecular formula is C17H17NO5S. The summed E-state index contributed by atoms with van der Waals surface area (Å²) in [4.78, 5) is 24.3.